The number of anilines is 2. The van der Waals surface area contributed by atoms with Gasteiger partial charge in [-0.25, -0.2) is 4.98 Å². The molecule has 0 radical (unpaired) electrons. The Labute approximate surface area is 126 Å². The summed E-state index contributed by atoms with van der Waals surface area (Å²) in [4.78, 5) is 19.9. The summed E-state index contributed by atoms with van der Waals surface area (Å²) >= 11 is 3.45. The van der Waals surface area contributed by atoms with E-state index in [2.05, 4.69) is 43.5 Å². The molecule has 1 aromatic heterocycles. The number of amides is 1. The molecule has 0 saturated carbocycles. The van der Waals surface area contributed by atoms with E-state index in [9.17, 15) is 4.79 Å². The predicted molar refractivity (Wildman–Crippen MR) is 84.9 cm³/mol. The lowest BCUT2D eigenvalue weighted by Gasteiger charge is -2.11. The van der Waals surface area contributed by atoms with Crippen LogP contribution in [0, 0.1) is 0 Å². The van der Waals surface area contributed by atoms with Crippen LogP contribution >= 0.6 is 15.9 Å². The SMILES string of the molecule is CCCCNc1nc(NC(C)=O)nc2ccc(Br)cc12. The number of nitrogens with one attached hydrogen (secondary N) is 2. The zero-order chi connectivity index (χ0) is 14.5. The molecule has 0 aliphatic carbocycles. The third kappa shape index (κ3) is 3.66. The first kappa shape index (κ1) is 14.7. The van der Waals surface area contributed by atoms with E-state index in [4.69, 9.17) is 0 Å². The van der Waals surface area contributed by atoms with E-state index in [1.807, 2.05) is 18.2 Å². The summed E-state index contributed by atoms with van der Waals surface area (Å²) in [6.07, 6.45) is 2.17. The van der Waals surface area contributed by atoms with Gasteiger partial charge in [-0.15, -0.1) is 0 Å². The van der Waals surface area contributed by atoms with Crippen LogP contribution < -0.4 is 10.6 Å². The molecule has 106 valence electrons. The second-order valence-electron chi connectivity index (χ2n) is 4.52. The summed E-state index contributed by atoms with van der Waals surface area (Å²) in [5.74, 6) is 0.890. The zero-order valence-corrected chi connectivity index (χ0v) is 13.1. The maximum atomic E-state index is 11.2. The maximum absolute atomic E-state index is 11.2. The number of nitrogens with zero attached hydrogens (tertiary/aromatic N) is 2. The summed E-state index contributed by atoms with van der Waals surface area (Å²) in [5.41, 5.74) is 0.797. The number of fused-ring (bicyclic) bond motifs is 1. The van der Waals surface area contributed by atoms with E-state index < -0.39 is 0 Å². The van der Waals surface area contributed by atoms with Crippen molar-refractivity contribution in [1.29, 1.82) is 0 Å². The van der Waals surface area contributed by atoms with E-state index in [0.717, 1.165) is 40.6 Å². The number of carbonyl (C=O) groups excluding carboxylic acids is 1. The highest BCUT2D eigenvalue weighted by molar-refractivity contribution is 9.10. The largest absolute Gasteiger partial charge is 0.369 e. The summed E-state index contributed by atoms with van der Waals surface area (Å²) < 4.78 is 0.972. The fourth-order valence-electron chi connectivity index (χ4n) is 1.83. The molecular formula is C14H17BrN4O. The molecule has 0 aliphatic heterocycles. The van der Waals surface area contributed by atoms with E-state index in [1.54, 1.807) is 0 Å². The van der Waals surface area contributed by atoms with Crippen LogP contribution in [-0.4, -0.2) is 22.4 Å². The molecule has 2 aromatic rings. The first-order chi connectivity index (χ1) is 9.60. The van der Waals surface area contributed by atoms with Crippen molar-refractivity contribution in [2.45, 2.75) is 26.7 Å². The Hall–Kier alpha value is -1.69. The minimum absolute atomic E-state index is 0.180. The summed E-state index contributed by atoms with van der Waals surface area (Å²) in [6, 6.07) is 5.79. The highest BCUT2D eigenvalue weighted by Crippen LogP contribution is 2.25. The van der Waals surface area contributed by atoms with Gasteiger partial charge in [0.1, 0.15) is 5.82 Å². The van der Waals surface area contributed by atoms with Crippen LogP contribution in [0.5, 0.6) is 0 Å². The molecule has 0 spiro atoms. The smallest absolute Gasteiger partial charge is 0.231 e. The molecule has 1 amide bonds. The van der Waals surface area contributed by atoms with Gasteiger partial charge in [0, 0.05) is 23.3 Å². The second kappa shape index (κ2) is 6.65. The Balaban J connectivity index is 2.42. The highest BCUT2D eigenvalue weighted by Gasteiger charge is 2.09. The van der Waals surface area contributed by atoms with Gasteiger partial charge in [-0.3, -0.25) is 10.1 Å². The monoisotopic (exact) mass is 336 g/mol. The third-order valence-corrected chi connectivity index (χ3v) is 3.26. The van der Waals surface area contributed by atoms with E-state index in [1.165, 1.54) is 6.92 Å². The second-order valence-corrected chi connectivity index (χ2v) is 5.43. The fraction of sp³-hybridized carbons (Fsp3) is 0.357. The number of benzene rings is 1. The van der Waals surface area contributed by atoms with Crippen molar-refractivity contribution in [3.05, 3.63) is 22.7 Å². The molecule has 2 N–H and O–H groups in total. The van der Waals surface area contributed by atoms with Crippen molar-refractivity contribution in [3.63, 3.8) is 0 Å². The summed E-state index contributed by atoms with van der Waals surface area (Å²) in [6.45, 7) is 4.42. The molecule has 0 saturated heterocycles. The Morgan fingerprint density at radius 2 is 2.15 bits per heavy atom. The van der Waals surface area contributed by atoms with Gasteiger partial charge in [-0.05, 0) is 24.6 Å². The van der Waals surface area contributed by atoms with E-state index >= 15 is 0 Å². The zero-order valence-electron chi connectivity index (χ0n) is 11.5. The van der Waals surface area contributed by atoms with Gasteiger partial charge in [-0.2, -0.15) is 4.98 Å². The van der Waals surface area contributed by atoms with Crippen LogP contribution in [0.4, 0.5) is 11.8 Å². The summed E-state index contributed by atoms with van der Waals surface area (Å²) in [5, 5.41) is 6.87. The average Bonchev–Trinajstić information content (AvgIpc) is 2.39. The van der Waals surface area contributed by atoms with E-state index in [-0.39, 0.29) is 5.91 Å². The molecule has 0 fully saturated rings. The molecule has 5 nitrogen and oxygen atoms in total. The number of halogens is 1. The number of carbonyl (C=O) groups is 1. The quantitative estimate of drug-likeness (QED) is 0.819. The molecule has 0 aliphatic rings. The number of unbranched alkanes of at least 4 members (excludes halogenated alkanes) is 1. The van der Waals surface area contributed by atoms with Crippen LogP contribution in [0.2, 0.25) is 0 Å². The molecule has 2 rings (SSSR count). The normalized spacial score (nSPS) is 10.6. The van der Waals surface area contributed by atoms with Gasteiger partial charge in [-0.1, -0.05) is 29.3 Å². The Morgan fingerprint density at radius 1 is 1.35 bits per heavy atom. The molecule has 0 unspecified atom stereocenters. The Kier molecular flexibility index (Phi) is 4.89. The molecule has 0 bridgehead atoms. The van der Waals surface area contributed by atoms with Crippen molar-refractivity contribution < 1.29 is 4.79 Å². The van der Waals surface area contributed by atoms with Crippen molar-refractivity contribution >= 4 is 44.5 Å². The standard InChI is InChI=1S/C14H17BrN4O/c1-3-4-7-16-13-11-8-10(15)5-6-12(11)18-14(19-13)17-9(2)20/h5-6,8H,3-4,7H2,1-2H3,(H2,16,17,18,19,20). The first-order valence-corrected chi connectivity index (χ1v) is 7.38. The molecule has 20 heavy (non-hydrogen) atoms. The van der Waals surface area contributed by atoms with Crippen LogP contribution in [-0.2, 0) is 4.79 Å². The van der Waals surface area contributed by atoms with Crippen LogP contribution in [0.1, 0.15) is 26.7 Å². The molecular weight excluding hydrogens is 320 g/mol. The van der Waals surface area contributed by atoms with Crippen molar-refractivity contribution in [1.82, 2.24) is 9.97 Å². The van der Waals surface area contributed by atoms with Crippen molar-refractivity contribution in [3.8, 4) is 0 Å². The van der Waals surface area contributed by atoms with Gasteiger partial charge in [0.05, 0.1) is 5.52 Å². The first-order valence-electron chi connectivity index (χ1n) is 6.59. The fourth-order valence-corrected chi connectivity index (χ4v) is 2.19. The molecule has 6 heteroatoms. The predicted octanol–water partition coefficient (Wildman–Crippen LogP) is 3.56. The Morgan fingerprint density at radius 3 is 2.85 bits per heavy atom. The van der Waals surface area contributed by atoms with Crippen molar-refractivity contribution in [2.24, 2.45) is 0 Å². The Bertz CT molecular complexity index is 630. The molecule has 1 aromatic carbocycles. The lowest BCUT2D eigenvalue weighted by atomic mass is 10.2. The van der Waals surface area contributed by atoms with Gasteiger partial charge in [0.15, 0.2) is 0 Å². The molecule has 0 atom stereocenters. The van der Waals surface area contributed by atoms with Crippen molar-refractivity contribution in [2.75, 3.05) is 17.2 Å². The third-order valence-electron chi connectivity index (χ3n) is 2.77. The van der Waals surface area contributed by atoms with Gasteiger partial charge in [0.25, 0.3) is 0 Å². The average molecular weight is 337 g/mol. The van der Waals surface area contributed by atoms with Gasteiger partial charge < -0.3 is 5.32 Å². The lowest BCUT2D eigenvalue weighted by Crippen LogP contribution is -2.12. The summed E-state index contributed by atoms with van der Waals surface area (Å²) in [7, 11) is 0. The molecule has 1 heterocycles. The lowest BCUT2D eigenvalue weighted by molar-refractivity contribution is -0.114. The van der Waals surface area contributed by atoms with E-state index in [0.29, 0.717) is 5.95 Å². The number of aromatic nitrogens is 2. The number of rotatable bonds is 5. The minimum atomic E-state index is -0.180. The minimum Gasteiger partial charge on any atom is -0.369 e. The maximum Gasteiger partial charge on any atom is 0.231 e. The topological polar surface area (TPSA) is 66.9 Å². The van der Waals surface area contributed by atoms with Crippen LogP contribution in [0.25, 0.3) is 10.9 Å². The van der Waals surface area contributed by atoms with Crippen LogP contribution in [0.15, 0.2) is 22.7 Å². The van der Waals surface area contributed by atoms with Gasteiger partial charge >= 0.3 is 0 Å². The highest BCUT2D eigenvalue weighted by atomic mass is 79.9. The number of hydrogen-bond acceptors (Lipinski definition) is 4. The van der Waals surface area contributed by atoms with Crippen LogP contribution in [0.3, 0.4) is 0 Å². The van der Waals surface area contributed by atoms with Gasteiger partial charge in [0.2, 0.25) is 11.9 Å². The number of hydrogen-bond donors (Lipinski definition) is 2.